The van der Waals surface area contributed by atoms with Gasteiger partial charge in [-0.05, 0) is 29.8 Å². The van der Waals surface area contributed by atoms with Crippen LogP contribution in [-0.4, -0.2) is 24.2 Å². The van der Waals surface area contributed by atoms with Crippen molar-refractivity contribution >= 4 is 11.5 Å². The van der Waals surface area contributed by atoms with E-state index in [2.05, 4.69) is 10.3 Å². The van der Waals surface area contributed by atoms with Gasteiger partial charge in [0.1, 0.15) is 6.54 Å². The average Bonchev–Trinajstić information content (AvgIpc) is 2.26. The Balaban J connectivity index is 2.47. The first-order valence-electron chi connectivity index (χ1n) is 5.01. The highest BCUT2D eigenvalue weighted by Crippen LogP contribution is 2.31. The van der Waals surface area contributed by atoms with Crippen molar-refractivity contribution in [2.24, 2.45) is 4.99 Å². The van der Waals surface area contributed by atoms with Crippen LogP contribution in [0.4, 0.5) is 5.69 Å². The van der Waals surface area contributed by atoms with Crippen molar-refractivity contribution in [3.63, 3.8) is 0 Å². The zero-order valence-corrected chi connectivity index (χ0v) is 8.90. The fraction of sp³-hybridized carbons (Fsp3) is 0.364. The summed E-state index contributed by atoms with van der Waals surface area (Å²) in [6, 6.07) is 7.61. The molecule has 4 nitrogen and oxygen atoms in total. The molecule has 1 unspecified atom stereocenters. The molecule has 78 valence electrons. The number of likely N-dealkylation sites (N-methyl/N-ethyl adjacent to an activating group) is 1. The van der Waals surface area contributed by atoms with Crippen LogP contribution in [0.1, 0.15) is 18.5 Å². The van der Waals surface area contributed by atoms with Gasteiger partial charge in [0.15, 0.2) is 11.7 Å². The molecule has 15 heavy (non-hydrogen) atoms. The van der Waals surface area contributed by atoms with Crippen molar-refractivity contribution < 1.29 is 4.76 Å². The predicted octanol–water partition coefficient (Wildman–Crippen LogP) is 1.79. The topological polar surface area (TPSA) is 44.5 Å². The molecule has 1 heterocycles. The van der Waals surface area contributed by atoms with Gasteiger partial charge in [-0.25, -0.2) is 0 Å². The van der Waals surface area contributed by atoms with Gasteiger partial charge in [-0.1, -0.05) is 23.1 Å². The lowest BCUT2D eigenvalue weighted by molar-refractivity contribution is -0.481. The van der Waals surface area contributed by atoms with Crippen LogP contribution in [0, 0.1) is 4.91 Å². The van der Waals surface area contributed by atoms with Gasteiger partial charge >= 0.3 is 5.84 Å². The van der Waals surface area contributed by atoms with E-state index in [1.807, 2.05) is 38.2 Å². The molecule has 1 aromatic carbocycles. The summed E-state index contributed by atoms with van der Waals surface area (Å²) in [5.74, 6) is 0.545. The minimum absolute atomic E-state index is 0.151. The fourth-order valence-electron chi connectivity index (χ4n) is 1.76. The first-order chi connectivity index (χ1) is 7.24. The second kappa shape index (κ2) is 3.90. The highest BCUT2D eigenvalue weighted by Gasteiger charge is 2.33. The van der Waals surface area contributed by atoms with Gasteiger partial charge in [0.2, 0.25) is 0 Å². The van der Waals surface area contributed by atoms with E-state index in [4.69, 9.17) is 0 Å². The van der Waals surface area contributed by atoms with E-state index < -0.39 is 0 Å². The molecule has 1 N–H and O–H groups in total. The Morgan fingerprint density at radius 3 is 2.93 bits per heavy atom. The first-order valence-corrected chi connectivity index (χ1v) is 5.01. The predicted molar refractivity (Wildman–Crippen MR) is 59.5 cm³/mol. The molecule has 0 bridgehead atoms. The van der Waals surface area contributed by atoms with Crippen molar-refractivity contribution in [3.05, 3.63) is 34.7 Å². The van der Waals surface area contributed by atoms with E-state index in [0.717, 1.165) is 16.0 Å². The number of nitrogens with zero attached hydrogens (tertiary/aromatic N) is 2. The Bertz CT molecular complexity index is 426. The van der Waals surface area contributed by atoms with Gasteiger partial charge in [-0.15, -0.1) is 0 Å². The van der Waals surface area contributed by atoms with Gasteiger partial charge in [0.25, 0.3) is 0 Å². The molecule has 1 aliphatic rings. The SMILES string of the molecule is CNCC1=Nc2ccccc2C(C)[N+]1=O. The zero-order chi connectivity index (χ0) is 10.8. The minimum atomic E-state index is -0.151. The third-order valence-corrected chi connectivity index (χ3v) is 2.58. The molecular weight excluding hydrogens is 190 g/mol. The van der Waals surface area contributed by atoms with Crippen LogP contribution in [0.3, 0.4) is 0 Å². The maximum Gasteiger partial charge on any atom is 0.351 e. The molecule has 1 atom stereocenters. The van der Waals surface area contributed by atoms with Crippen LogP contribution in [-0.2, 0) is 0 Å². The number of fused-ring (bicyclic) bond motifs is 1. The molecule has 2 rings (SSSR count). The van der Waals surface area contributed by atoms with Gasteiger partial charge in [0.05, 0.1) is 5.56 Å². The highest BCUT2D eigenvalue weighted by atomic mass is 16.3. The lowest BCUT2D eigenvalue weighted by Gasteiger charge is -2.13. The van der Waals surface area contributed by atoms with Crippen molar-refractivity contribution in [1.29, 1.82) is 0 Å². The summed E-state index contributed by atoms with van der Waals surface area (Å²) in [4.78, 5) is 16.2. The standard InChI is InChI=1S/C11H14N3O/c1-8-9-5-3-4-6-10(9)13-11(7-12-2)14(8)15/h3-6,8,12H,7H2,1-2H3/q+1. The molecular formula is C11H14N3O+. The number of hydrogen-bond acceptors (Lipinski definition) is 3. The molecule has 0 amide bonds. The first kappa shape index (κ1) is 9.98. The molecule has 4 heteroatoms. The third-order valence-electron chi connectivity index (χ3n) is 2.58. The summed E-state index contributed by atoms with van der Waals surface area (Å²) in [6.07, 6.45) is 0. The Hall–Kier alpha value is -1.55. The number of nitroso groups, excluding NO2 is 1. The van der Waals surface area contributed by atoms with Crippen molar-refractivity contribution in [3.8, 4) is 0 Å². The monoisotopic (exact) mass is 204 g/mol. The lowest BCUT2D eigenvalue weighted by Crippen LogP contribution is -2.32. The van der Waals surface area contributed by atoms with Crippen LogP contribution in [0.5, 0.6) is 0 Å². The molecule has 0 radical (unpaired) electrons. The number of nitrogens with one attached hydrogen (secondary N) is 1. The summed E-state index contributed by atoms with van der Waals surface area (Å²) in [7, 11) is 1.81. The van der Waals surface area contributed by atoms with Crippen molar-refractivity contribution in [2.45, 2.75) is 13.0 Å². The van der Waals surface area contributed by atoms with Crippen molar-refractivity contribution in [2.75, 3.05) is 13.6 Å². The zero-order valence-electron chi connectivity index (χ0n) is 8.90. The van der Waals surface area contributed by atoms with Crippen LogP contribution < -0.4 is 5.32 Å². The number of aliphatic imine (C=N–C) groups is 1. The van der Waals surface area contributed by atoms with E-state index in [1.165, 1.54) is 0 Å². The molecule has 0 saturated carbocycles. The van der Waals surface area contributed by atoms with Gasteiger partial charge in [-0.2, -0.15) is 0 Å². The normalized spacial score (nSPS) is 19.7. The van der Waals surface area contributed by atoms with Crippen LogP contribution in [0.2, 0.25) is 0 Å². The molecule has 0 aromatic heterocycles. The average molecular weight is 204 g/mol. The summed E-state index contributed by atoms with van der Waals surface area (Å²) >= 11 is 0. The molecule has 0 fully saturated rings. The van der Waals surface area contributed by atoms with E-state index in [0.29, 0.717) is 12.4 Å². The van der Waals surface area contributed by atoms with E-state index >= 15 is 0 Å². The van der Waals surface area contributed by atoms with Gasteiger partial charge < -0.3 is 5.32 Å². The smallest absolute Gasteiger partial charge is 0.309 e. The number of benzene rings is 1. The molecule has 0 saturated heterocycles. The van der Waals surface area contributed by atoms with E-state index in [9.17, 15) is 4.91 Å². The Kier molecular flexibility index (Phi) is 2.60. The summed E-state index contributed by atoms with van der Waals surface area (Å²) in [6.45, 7) is 2.40. The molecule has 1 aliphatic heterocycles. The maximum atomic E-state index is 11.8. The number of rotatable bonds is 2. The third kappa shape index (κ3) is 1.68. The van der Waals surface area contributed by atoms with Crippen molar-refractivity contribution in [1.82, 2.24) is 5.32 Å². The molecule has 0 aliphatic carbocycles. The Labute approximate surface area is 88.6 Å². The minimum Gasteiger partial charge on any atom is -0.309 e. The molecule has 0 spiro atoms. The van der Waals surface area contributed by atoms with Crippen LogP contribution in [0.15, 0.2) is 29.3 Å². The Morgan fingerprint density at radius 1 is 1.47 bits per heavy atom. The fourth-order valence-corrected chi connectivity index (χ4v) is 1.76. The van der Waals surface area contributed by atoms with Gasteiger partial charge in [-0.3, -0.25) is 0 Å². The largest absolute Gasteiger partial charge is 0.351 e. The summed E-state index contributed by atoms with van der Waals surface area (Å²) in [5, 5.41) is 2.95. The second-order valence-electron chi connectivity index (χ2n) is 3.62. The second-order valence-corrected chi connectivity index (χ2v) is 3.62. The lowest BCUT2D eigenvalue weighted by atomic mass is 10.0. The van der Waals surface area contributed by atoms with Crippen LogP contribution >= 0.6 is 0 Å². The quantitative estimate of drug-likeness (QED) is 0.746. The number of para-hydroxylation sites is 1. The maximum absolute atomic E-state index is 11.8. The Morgan fingerprint density at radius 2 is 2.20 bits per heavy atom. The number of hydrogen-bond donors (Lipinski definition) is 1. The summed E-state index contributed by atoms with van der Waals surface area (Å²) in [5.41, 5.74) is 1.90. The van der Waals surface area contributed by atoms with Gasteiger partial charge in [0, 0.05) is 0 Å². The molecule has 1 aromatic rings. The number of amidine groups is 1. The van der Waals surface area contributed by atoms with E-state index in [1.54, 1.807) is 0 Å². The van der Waals surface area contributed by atoms with Crippen LogP contribution in [0.25, 0.3) is 0 Å². The highest BCUT2D eigenvalue weighted by molar-refractivity contribution is 5.81. The van der Waals surface area contributed by atoms with E-state index in [-0.39, 0.29) is 6.04 Å². The summed E-state index contributed by atoms with van der Waals surface area (Å²) < 4.78 is 0.971.